The summed E-state index contributed by atoms with van der Waals surface area (Å²) in [4.78, 5) is 18.6. The van der Waals surface area contributed by atoms with E-state index >= 15 is 0 Å². The maximum absolute atomic E-state index is 13.5. The van der Waals surface area contributed by atoms with Crippen molar-refractivity contribution < 1.29 is 31.8 Å². The predicted molar refractivity (Wildman–Crippen MR) is 122 cm³/mol. The quantitative estimate of drug-likeness (QED) is 0.537. The van der Waals surface area contributed by atoms with E-state index in [1.165, 1.54) is 23.7 Å². The van der Waals surface area contributed by atoms with Crippen LogP contribution in [0.25, 0.3) is 0 Å². The highest BCUT2D eigenvalue weighted by Gasteiger charge is 2.32. The summed E-state index contributed by atoms with van der Waals surface area (Å²) in [7, 11) is -2.69. The van der Waals surface area contributed by atoms with Crippen LogP contribution in [0.2, 0.25) is 0 Å². The molecule has 2 saturated heterocycles. The molecular weight excluding hydrogens is 464 g/mol. The smallest absolute Gasteiger partial charge is 0.339 e. The molecule has 1 N–H and O–H groups in total. The van der Waals surface area contributed by atoms with E-state index in [0.29, 0.717) is 33.0 Å². The highest BCUT2D eigenvalue weighted by molar-refractivity contribution is 7.89. The summed E-state index contributed by atoms with van der Waals surface area (Å²) in [5.41, 5.74) is 0.0614. The van der Waals surface area contributed by atoms with E-state index in [-0.39, 0.29) is 35.4 Å². The Bertz CT molecular complexity index is 1090. The van der Waals surface area contributed by atoms with E-state index in [4.69, 9.17) is 18.6 Å². The van der Waals surface area contributed by atoms with Crippen molar-refractivity contribution in [2.75, 3.05) is 71.6 Å². The Morgan fingerprint density at radius 3 is 2.44 bits per heavy atom. The lowest BCUT2D eigenvalue weighted by Gasteiger charge is -2.33. The number of carbonyl (C=O) groups excluding carboxylic acids is 1. The highest BCUT2D eigenvalue weighted by Crippen LogP contribution is 2.28. The van der Waals surface area contributed by atoms with Gasteiger partial charge in [0.2, 0.25) is 10.0 Å². The van der Waals surface area contributed by atoms with Gasteiger partial charge in [0.05, 0.1) is 45.1 Å². The standard InChI is InChI=1S/C22H30N4O7S/c1-16-3-4-19(33-16)18(25-5-9-31-10-6-25)15-24-21-20(13-17(14-23-21)22(27)30-2)34(28,29)26-7-11-32-12-8-26/h3-4,13-14,18H,5-12,15H2,1-2H3,(H,23,24). The second-order valence-electron chi connectivity index (χ2n) is 8.07. The number of furan rings is 1. The molecule has 0 amide bonds. The van der Waals surface area contributed by atoms with Crippen LogP contribution in [-0.2, 0) is 24.2 Å². The van der Waals surface area contributed by atoms with E-state index in [9.17, 15) is 13.2 Å². The molecule has 2 aliphatic rings. The Labute approximate surface area is 199 Å². The van der Waals surface area contributed by atoms with Crippen LogP contribution in [-0.4, -0.2) is 94.8 Å². The second kappa shape index (κ2) is 10.8. The van der Waals surface area contributed by atoms with Crippen LogP contribution in [0, 0.1) is 6.92 Å². The van der Waals surface area contributed by atoms with E-state index < -0.39 is 16.0 Å². The van der Waals surface area contributed by atoms with Gasteiger partial charge in [-0.25, -0.2) is 18.2 Å². The van der Waals surface area contributed by atoms with Crippen molar-refractivity contribution in [3.8, 4) is 0 Å². The third kappa shape index (κ3) is 5.41. The number of sulfonamides is 1. The fraction of sp³-hybridized carbons (Fsp3) is 0.545. The van der Waals surface area contributed by atoms with Gasteiger partial charge in [-0.3, -0.25) is 4.90 Å². The molecular formula is C22H30N4O7S. The van der Waals surface area contributed by atoms with Gasteiger partial charge in [-0.05, 0) is 25.1 Å². The Morgan fingerprint density at radius 2 is 1.82 bits per heavy atom. The average molecular weight is 495 g/mol. The van der Waals surface area contributed by atoms with Gasteiger partial charge >= 0.3 is 5.97 Å². The molecule has 0 saturated carbocycles. The molecule has 12 heteroatoms. The number of hydrogen-bond donors (Lipinski definition) is 1. The van der Waals surface area contributed by atoms with Gasteiger partial charge in [-0.2, -0.15) is 4.31 Å². The molecule has 4 rings (SSSR count). The van der Waals surface area contributed by atoms with Crippen LogP contribution in [0.1, 0.15) is 27.9 Å². The number of aromatic nitrogens is 1. The van der Waals surface area contributed by atoms with Gasteiger partial charge in [-0.1, -0.05) is 0 Å². The molecule has 186 valence electrons. The maximum atomic E-state index is 13.5. The molecule has 2 aliphatic heterocycles. The zero-order chi connectivity index (χ0) is 24.1. The molecule has 2 aromatic heterocycles. The van der Waals surface area contributed by atoms with Crippen LogP contribution in [0.3, 0.4) is 0 Å². The van der Waals surface area contributed by atoms with Gasteiger partial charge in [-0.15, -0.1) is 0 Å². The van der Waals surface area contributed by atoms with Crippen molar-refractivity contribution in [1.82, 2.24) is 14.2 Å². The number of hydrogen-bond acceptors (Lipinski definition) is 10. The normalized spacial score (nSPS) is 19.0. The van der Waals surface area contributed by atoms with Crippen LogP contribution < -0.4 is 5.32 Å². The fourth-order valence-corrected chi connectivity index (χ4v) is 5.61. The van der Waals surface area contributed by atoms with Gasteiger partial charge < -0.3 is 23.9 Å². The van der Waals surface area contributed by atoms with E-state index in [1.807, 2.05) is 19.1 Å². The monoisotopic (exact) mass is 494 g/mol. The number of nitrogens with one attached hydrogen (secondary N) is 1. The van der Waals surface area contributed by atoms with Crippen LogP contribution >= 0.6 is 0 Å². The highest BCUT2D eigenvalue weighted by atomic mass is 32.2. The minimum Gasteiger partial charge on any atom is -0.465 e. The number of pyridine rings is 1. The lowest BCUT2D eigenvalue weighted by Crippen LogP contribution is -2.42. The van der Waals surface area contributed by atoms with Crippen LogP contribution in [0.5, 0.6) is 0 Å². The summed E-state index contributed by atoms with van der Waals surface area (Å²) in [6, 6.07) is 4.99. The molecule has 11 nitrogen and oxygen atoms in total. The first-order valence-electron chi connectivity index (χ1n) is 11.2. The molecule has 0 radical (unpaired) electrons. The molecule has 34 heavy (non-hydrogen) atoms. The number of rotatable bonds is 8. The third-order valence-corrected chi connectivity index (χ3v) is 7.81. The van der Waals surface area contributed by atoms with Crippen LogP contribution in [0.15, 0.2) is 33.7 Å². The van der Waals surface area contributed by atoms with Crippen LogP contribution in [0.4, 0.5) is 5.82 Å². The second-order valence-corrected chi connectivity index (χ2v) is 9.98. The number of anilines is 1. The van der Waals surface area contributed by atoms with E-state index in [1.54, 1.807) is 0 Å². The number of carbonyl (C=O) groups is 1. The summed E-state index contributed by atoms with van der Waals surface area (Å²) in [5, 5.41) is 3.20. The summed E-state index contributed by atoms with van der Waals surface area (Å²) >= 11 is 0. The maximum Gasteiger partial charge on any atom is 0.339 e. The van der Waals surface area contributed by atoms with E-state index in [0.717, 1.165) is 24.6 Å². The van der Waals surface area contributed by atoms with Crippen molar-refractivity contribution in [2.24, 2.45) is 0 Å². The van der Waals surface area contributed by atoms with Gasteiger partial charge in [0.25, 0.3) is 0 Å². The Hall–Kier alpha value is -2.51. The molecule has 0 bridgehead atoms. The lowest BCUT2D eigenvalue weighted by molar-refractivity contribution is 0.0143. The Kier molecular flexibility index (Phi) is 7.84. The van der Waals surface area contributed by atoms with Crippen molar-refractivity contribution in [3.05, 3.63) is 41.5 Å². The fourth-order valence-electron chi connectivity index (χ4n) is 4.05. The lowest BCUT2D eigenvalue weighted by atomic mass is 10.1. The van der Waals surface area contributed by atoms with Crippen molar-refractivity contribution in [3.63, 3.8) is 0 Å². The molecule has 1 unspecified atom stereocenters. The number of nitrogens with zero attached hydrogens (tertiary/aromatic N) is 3. The van der Waals surface area contributed by atoms with Crippen molar-refractivity contribution >= 4 is 21.8 Å². The summed E-state index contributed by atoms with van der Waals surface area (Å²) in [5.74, 6) is 1.08. The number of methoxy groups -OCH3 is 1. The summed E-state index contributed by atoms with van der Waals surface area (Å²) < 4.78 is 49.8. The molecule has 1 atom stereocenters. The average Bonchev–Trinajstić information content (AvgIpc) is 3.30. The number of aryl methyl sites for hydroxylation is 1. The first-order valence-corrected chi connectivity index (χ1v) is 12.6. The largest absolute Gasteiger partial charge is 0.465 e. The first-order chi connectivity index (χ1) is 16.4. The first kappa shape index (κ1) is 24.6. The number of esters is 1. The van der Waals surface area contributed by atoms with Gasteiger partial charge in [0, 0.05) is 38.9 Å². The van der Waals surface area contributed by atoms with E-state index in [2.05, 4.69) is 15.2 Å². The zero-order valence-electron chi connectivity index (χ0n) is 19.4. The Morgan fingerprint density at radius 1 is 1.15 bits per heavy atom. The van der Waals surface area contributed by atoms with Crippen molar-refractivity contribution in [2.45, 2.75) is 17.9 Å². The molecule has 0 aliphatic carbocycles. The minimum atomic E-state index is -3.93. The summed E-state index contributed by atoms with van der Waals surface area (Å²) in [6.07, 6.45) is 1.31. The minimum absolute atomic E-state index is 0.0614. The SMILES string of the molecule is COC(=O)c1cnc(NCC(c2ccc(C)o2)N2CCOCC2)c(S(=O)(=O)N2CCOCC2)c1. The molecule has 2 aromatic rings. The Balaban J connectivity index is 1.64. The predicted octanol–water partition coefficient (Wildman–Crippen LogP) is 1.28. The zero-order valence-corrected chi connectivity index (χ0v) is 20.2. The molecule has 2 fully saturated rings. The van der Waals surface area contributed by atoms with Crippen molar-refractivity contribution in [1.29, 1.82) is 0 Å². The van der Waals surface area contributed by atoms with Gasteiger partial charge in [0.15, 0.2) is 0 Å². The molecule has 4 heterocycles. The molecule has 0 aromatic carbocycles. The third-order valence-electron chi connectivity index (χ3n) is 5.90. The van der Waals surface area contributed by atoms with Gasteiger partial charge in [0.1, 0.15) is 22.2 Å². The topological polar surface area (TPSA) is 123 Å². The summed E-state index contributed by atoms with van der Waals surface area (Å²) in [6.45, 7) is 5.97. The number of ether oxygens (including phenoxy) is 3. The number of morpholine rings is 2. The molecule has 0 spiro atoms.